The molecule has 1 N–H and O–H groups in total. The molecule has 0 aromatic carbocycles. The van der Waals surface area contributed by atoms with Crippen LogP contribution >= 0.6 is 0 Å². The molecule has 64 valence electrons. The summed E-state index contributed by atoms with van der Waals surface area (Å²) < 4.78 is 0. The molecule has 1 aliphatic heterocycles. The van der Waals surface area contributed by atoms with Crippen LogP contribution < -0.4 is 5.32 Å². The molecule has 0 aliphatic carbocycles. The zero-order valence-corrected chi connectivity index (χ0v) is 7.69. The summed E-state index contributed by atoms with van der Waals surface area (Å²) in [5.41, 5.74) is 1.61. The summed E-state index contributed by atoms with van der Waals surface area (Å²) in [5.74, 6) is 0.871. The van der Waals surface area contributed by atoms with Gasteiger partial charge in [0.05, 0.1) is 0 Å². The van der Waals surface area contributed by atoms with Gasteiger partial charge in [-0.1, -0.05) is 18.6 Å². The van der Waals surface area contributed by atoms with Gasteiger partial charge in [-0.15, -0.1) is 0 Å². The minimum Gasteiger partial charge on any atom is -0.317 e. The Morgan fingerprint density at radius 2 is 2.09 bits per heavy atom. The highest BCUT2D eigenvalue weighted by Crippen LogP contribution is 2.20. The highest BCUT2D eigenvalue weighted by atomic mass is 14.9. The Labute approximate surface area is 69.9 Å². The van der Waals surface area contributed by atoms with Gasteiger partial charge in [-0.05, 0) is 45.2 Å². The smallest absolute Gasteiger partial charge is 0.00432 e. The zero-order valence-electron chi connectivity index (χ0n) is 7.69. The standard InChI is InChI=1S/C10H19N/c1-3-4-9(2)10-5-7-11-8-6-10/h4,10-11H,3,5-8H2,1-2H3/b9-4+. The Balaban J connectivity index is 2.38. The van der Waals surface area contributed by atoms with Gasteiger partial charge < -0.3 is 5.32 Å². The van der Waals surface area contributed by atoms with Gasteiger partial charge in [-0.3, -0.25) is 0 Å². The highest BCUT2D eigenvalue weighted by molar-refractivity contribution is 5.04. The monoisotopic (exact) mass is 153 g/mol. The van der Waals surface area contributed by atoms with Crippen molar-refractivity contribution in [3.63, 3.8) is 0 Å². The van der Waals surface area contributed by atoms with Crippen LogP contribution in [0.15, 0.2) is 11.6 Å². The fourth-order valence-corrected chi connectivity index (χ4v) is 1.77. The predicted octanol–water partition coefficient (Wildman–Crippen LogP) is 2.34. The van der Waals surface area contributed by atoms with Gasteiger partial charge in [-0.25, -0.2) is 0 Å². The quantitative estimate of drug-likeness (QED) is 0.600. The predicted molar refractivity (Wildman–Crippen MR) is 49.6 cm³/mol. The first kappa shape index (κ1) is 8.79. The van der Waals surface area contributed by atoms with Crippen molar-refractivity contribution in [1.29, 1.82) is 0 Å². The van der Waals surface area contributed by atoms with E-state index in [-0.39, 0.29) is 0 Å². The Bertz CT molecular complexity index is 132. The van der Waals surface area contributed by atoms with E-state index in [0.717, 1.165) is 5.92 Å². The number of allylic oxidation sites excluding steroid dienone is 2. The molecule has 0 unspecified atom stereocenters. The Kier molecular flexibility index (Phi) is 3.64. The third-order valence-electron chi connectivity index (χ3n) is 2.51. The van der Waals surface area contributed by atoms with Crippen LogP contribution in [0.2, 0.25) is 0 Å². The maximum Gasteiger partial charge on any atom is -0.00432 e. The van der Waals surface area contributed by atoms with Crippen molar-refractivity contribution >= 4 is 0 Å². The molecule has 0 aromatic heterocycles. The lowest BCUT2D eigenvalue weighted by molar-refractivity contribution is 0.419. The molecule has 1 aliphatic rings. The molecular formula is C10H19N. The van der Waals surface area contributed by atoms with Crippen molar-refractivity contribution in [1.82, 2.24) is 5.32 Å². The second-order valence-electron chi connectivity index (χ2n) is 3.38. The van der Waals surface area contributed by atoms with E-state index in [2.05, 4.69) is 25.2 Å². The van der Waals surface area contributed by atoms with Crippen LogP contribution in [0.1, 0.15) is 33.1 Å². The summed E-state index contributed by atoms with van der Waals surface area (Å²) in [6, 6.07) is 0. The third kappa shape index (κ3) is 2.66. The van der Waals surface area contributed by atoms with Gasteiger partial charge in [-0.2, -0.15) is 0 Å². The summed E-state index contributed by atoms with van der Waals surface area (Å²) in [5, 5.41) is 3.38. The van der Waals surface area contributed by atoms with Crippen LogP contribution in [0.5, 0.6) is 0 Å². The molecule has 1 rings (SSSR count). The second-order valence-corrected chi connectivity index (χ2v) is 3.38. The maximum absolute atomic E-state index is 3.38. The molecule has 0 atom stereocenters. The zero-order chi connectivity index (χ0) is 8.10. The van der Waals surface area contributed by atoms with Gasteiger partial charge in [0.2, 0.25) is 0 Å². The molecule has 0 aromatic rings. The molecule has 11 heavy (non-hydrogen) atoms. The van der Waals surface area contributed by atoms with E-state index in [0.29, 0.717) is 0 Å². The number of piperidine rings is 1. The van der Waals surface area contributed by atoms with E-state index in [1.165, 1.54) is 32.4 Å². The number of hydrogen-bond acceptors (Lipinski definition) is 1. The lowest BCUT2D eigenvalue weighted by atomic mass is 9.90. The number of nitrogens with one attached hydrogen (secondary N) is 1. The van der Waals surface area contributed by atoms with Crippen LogP contribution in [0, 0.1) is 5.92 Å². The van der Waals surface area contributed by atoms with Crippen LogP contribution in [0.4, 0.5) is 0 Å². The molecule has 0 saturated carbocycles. The van der Waals surface area contributed by atoms with Crippen molar-refractivity contribution in [3.8, 4) is 0 Å². The first-order chi connectivity index (χ1) is 5.34. The van der Waals surface area contributed by atoms with E-state index in [9.17, 15) is 0 Å². The van der Waals surface area contributed by atoms with E-state index < -0.39 is 0 Å². The third-order valence-corrected chi connectivity index (χ3v) is 2.51. The van der Waals surface area contributed by atoms with Crippen LogP contribution in [-0.4, -0.2) is 13.1 Å². The van der Waals surface area contributed by atoms with Crippen molar-refractivity contribution < 1.29 is 0 Å². The molecular weight excluding hydrogens is 134 g/mol. The fraction of sp³-hybridized carbons (Fsp3) is 0.800. The van der Waals surface area contributed by atoms with Gasteiger partial charge in [0.15, 0.2) is 0 Å². The molecule has 1 saturated heterocycles. The van der Waals surface area contributed by atoms with Crippen molar-refractivity contribution in [2.45, 2.75) is 33.1 Å². The molecule has 0 radical (unpaired) electrons. The molecule has 1 fully saturated rings. The molecule has 1 heterocycles. The van der Waals surface area contributed by atoms with E-state index in [1.54, 1.807) is 5.57 Å². The first-order valence-electron chi connectivity index (χ1n) is 4.72. The van der Waals surface area contributed by atoms with Crippen molar-refractivity contribution in [2.24, 2.45) is 5.92 Å². The maximum atomic E-state index is 3.38. The molecule has 0 bridgehead atoms. The van der Waals surface area contributed by atoms with E-state index in [4.69, 9.17) is 0 Å². The van der Waals surface area contributed by atoms with Gasteiger partial charge in [0.1, 0.15) is 0 Å². The topological polar surface area (TPSA) is 12.0 Å². The molecule has 1 heteroatoms. The Hall–Kier alpha value is -0.300. The highest BCUT2D eigenvalue weighted by Gasteiger charge is 2.13. The summed E-state index contributed by atoms with van der Waals surface area (Å²) in [6.45, 7) is 6.91. The summed E-state index contributed by atoms with van der Waals surface area (Å²) >= 11 is 0. The normalized spacial score (nSPS) is 22.2. The summed E-state index contributed by atoms with van der Waals surface area (Å²) in [4.78, 5) is 0. The van der Waals surface area contributed by atoms with Gasteiger partial charge in [0.25, 0.3) is 0 Å². The van der Waals surface area contributed by atoms with E-state index >= 15 is 0 Å². The van der Waals surface area contributed by atoms with Gasteiger partial charge >= 0.3 is 0 Å². The molecule has 0 amide bonds. The van der Waals surface area contributed by atoms with Crippen molar-refractivity contribution in [3.05, 3.63) is 11.6 Å². The summed E-state index contributed by atoms with van der Waals surface area (Å²) in [6.07, 6.45) is 6.23. The second kappa shape index (κ2) is 4.55. The van der Waals surface area contributed by atoms with E-state index in [1.807, 2.05) is 0 Å². The Morgan fingerprint density at radius 3 is 2.64 bits per heavy atom. The van der Waals surface area contributed by atoms with Crippen LogP contribution in [0.25, 0.3) is 0 Å². The average molecular weight is 153 g/mol. The lowest BCUT2D eigenvalue weighted by Crippen LogP contribution is -2.28. The number of hydrogen-bond donors (Lipinski definition) is 1. The fourth-order valence-electron chi connectivity index (χ4n) is 1.77. The SMILES string of the molecule is CC/C=C(\C)C1CCNCC1. The van der Waals surface area contributed by atoms with Crippen molar-refractivity contribution in [2.75, 3.05) is 13.1 Å². The average Bonchev–Trinajstić information content (AvgIpc) is 2.07. The van der Waals surface area contributed by atoms with Crippen LogP contribution in [0.3, 0.4) is 0 Å². The largest absolute Gasteiger partial charge is 0.317 e. The van der Waals surface area contributed by atoms with Gasteiger partial charge in [0, 0.05) is 0 Å². The minimum absolute atomic E-state index is 0.871. The summed E-state index contributed by atoms with van der Waals surface area (Å²) in [7, 11) is 0. The molecule has 1 nitrogen and oxygen atoms in total. The van der Waals surface area contributed by atoms with Crippen LogP contribution in [-0.2, 0) is 0 Å². The number of rotatable bonds is 2. The lowest BCUT2D eigenvalue weighted by Gasteiger charge is -2.23. The first-order valence-corrected chi connectivity index (χ1v) is 4.72. The molecule has 0 spiro atoms. The minimum atomic E-state index is 0.871. The Morgan fingerprint density at radius 1 is 1.45 bits per heavy atom.